The zero-order valence-corrected chi connectivity index (χ0v) is 15.2. The Morgan fingerprint density at radius 3 is 2.46 bits per heavy atom. The van der Waals surface area contributed by atoms with Crippen LogP contribution in [-0.4, -0.2) is 42.6 Å². The standard InChI is InChI=1S/C19H25F3N2O2/c1-17(2)12-18(13-26-17)7-9-24(10-8-18)11-16(25)23-15-6-4-3-5-14(15)19(20,21)22/h3-6H,7-13H2,1-2H3,(H,23,25). The molecule has 2 heterocycles. The molecule has 0 aromatic heterocycles. The quantitative estimate of drug-likeness (QED) is 0.877. The van der Waals surface area contributed by atoms with Crippen LogP contribution in [0.2, 0.25) is 0 Å². The van der Waals surface area contributed by atoms with E-state index in [-0.39, 0.29) is 23.2 Å². The number of hydrogen-bond donors (Lipinski definition) is 1. The van der Waals surface area contributed by atoms with Gasteiger partial charge >= 0.3 is 6.18 Å². The molecule has 0 atom stereocenters. The Kier molecular flexibility index (Phi) is 5.05. The van der Waals surface area contributed by atoms with Crippen molar-refractivity contribution in [1.82, 2.24) is 4.90 Å². The van der Waals surface area contributed by atoms with Crippen LogP contribution in [0.3, 0.4) is 0 Å². The van der Waals surface area contributed by atoms with Gasteiger partial charge in [0.05, 0.1) is 30.0 Å². The number of carbonyl (C=O) groups is 1. The molecule has 0 radical (unpaired) electrons. The van der Waals surface area contributed by atoms with E-state index in [4.69, 9.17) is 4.74 Å². The Morgan fingerprint density at radius 2 is 1.88 bits per heavy atom. The fourth-order valence-corrected chi connectivity index (χ4v) is 4.09. The Hall–Kier alpha value is -1.60. The summed E-state index contributed by atoms with van der Waals surface area (Å²) in [5.74, 6) is -0.416. The van der Waals surface area contributed by atoms with Crippen molar-refractivity contribution < 1.29 is 22.7 Å². The summed E-state index contributed by atoms with van der Waals surface area (Å²) >= 11 is 0. The molecule has 0 saturated carbocycles. The van der Waals surface area contributed by atoms with E-state index in [1.165, 1.54) is 18.2 Å². The molecule has 4 nitrogen and oxygen atoms in total. The van der Waals surface area contributed by atoms with E-state index < -0.39 is 17.6 Å². The van der Waals surface area contributed by atoms with Crippen molar-refractivity contribution in [3.63, 3.8) is 0 Å². The number of halogens is 3. The zero-order chi connectivity index (χ0) is 19.0. The summed E-state index contributed by atoms with van der Waals surface area (Å²) in [6.45, 7) is 6.56. The minimum Gasteiger partial charge on any atom is -0.375 e. The van der Waals surface area contributed by atoms with Gasteiger partial charge in [0, 0.05) is 0 Å². The summed E-state index contributed by atoms with van der Waals surface area (Å²) in [5.41, 5.74) is -0.930. The Balaban J connectivity index is 1.55. The summed E-state index contributed by atoms with van der Waals surface area (Å²) in [6, 6.07) is 5.05. The number of rotatable bonds is 3. The first-order valence-corrected chi connectivity index (χ1v) is 8.91. The van der Waals surface area contributed by atoms with Gasteiger partial charge in [0.1, 0.15) is 0 Å². The number of benzene rings is 1. The number of ether oxygens (including phenoxy) is 1. The molecule has 144 valence electrons. The fraction of sp³-hybridized carbons (Fsp3) is 0.632. The van der Waals surface area contributed by atoms with Crippen molar-refractivity contribution in [2.75, 3.05) is 31.6 Å². The van der Waals surface area contributed by atoms with Crippen molar-refractivity contribution in [3.8, 4) is 0 Å². The highest BCUT2D eigenvalue weighted by molar-refractivity contribution is 5.93. The third-order valence-corrected chi connectivity index (χ3v) is 5.36. The largest absolute Gasteiger partial charge is 0.418 e. The van der Waals surface area contributed by atoms with Crippen LogP contribution in [0.15, 0.2) is 24.3 Å². The van der Waals surface area contributed by atoms with Crippen LogP contribution < -0.4 is 5.32 Å². The molecule has 0 unspecified atom stereocenters. The molecule has 2 fully saturated rings. The van der Waals surface area contributed by atoms with Gasteiger partial charge in [-0.25, -0.2) is 0 Å². The predicted octanol–water partition coefficient (Wildman–Crippen LogP) is 3.93. The second kappa shape index (κ2) is 6.85. The average Bonchev–Trinajstić information content (AvgIpc) is 2.84. The summed E-state index contributed by atoms with van der Waals surface area (Å²) in [6.07, 6.45) is -1.58. The minimum atomic E-state index is -4.49. The molecule has 1 aromatic rings. The van der Waals surface area contributed by atoms with Crippen molar-refractivity contribution in [2.45, 2.75) is 44.9 Å². The first kappa shape index (κ1) is 19.2. The lowest BCUT2D eigenvalue weighted by atomic mass is 9.74. The molecule has 1 aromatic carbocycles. The predicted molar refractivity (Wildman–Crippen MR) is 92.8 cm³/mol. The minimum absolute atomic E-state index is 0.0964. The van der Waals surface area contributed by atoms with E-state index in [0.29, 0.717) is 0 Å². The molecule has 2 aliphatic rings. The number of hydrogen-bond acceptors (Lipinski definition) is 3. The van der Waals surface area contributed by atoms with E-state index in [2.05, 4.69) is 19.2 Å². The average molecular weight is 370 g/mol. The van der Waals surface area contributed by atoms with Crippen LogP contribution in [0.5, 0.6) is 0 Å². The zero-order valence-electron chi connectivity index (χ0n) is 15.2. The highest BCUT2D eigenvalue weighted by Gasteiger charge is 2.45. The number of nitrogens with one attached hydrogen (secondary N) is 1. The monoisotopic (exact) mass is 370 g/mol. The van der Waals surface area contributed by atoms with E-state index in [1.807, 2.05) is 4.90 Å². The van der Waals surface area contributed by atoms with Gasteiger partial charge in [-0.2, -0.15) is 13.2 Å². The number of piperidine rings is 1. The highest BCUT2D eigenvalue weighted by Crippen LogP contribution is 2.46. The van der Waals surface area contributed by atoms with E-state index in [9.17, 15) is 18.0 Å². The Bertz CT molecular complexity index is 665. The molecule has 1 N–H and O–H groups in total. The fourth-order valence-electron chi connectivity index (χ4n) is 4.09. The number of amides is 1. The van der Waals surface area contributed by atoms with Crippen molar-refractivity contribution in [1.29, 1.82) is 0 Å². The third kappa shape index (κ3) is 4.38. The maximum Gasteiger partial charge on any atom is 0.418 e. The van der Waals surface area contributed by atoms with E-state index in [1.54, 1.807) is 0 Å². The topological polar surface area (TPSA) is 41.6 Å². The molecule has 3 rings (SSSR count). The van der Waals surface area contributed by atoms with E-state index >= 15 is 0 Å². The summed E-state index contributed by atoms with van der Waals surface area (Å²) in [4.78, 5) is 14.2. The van der Waals surface area contributed by atoms with Gasteiger partial charge in [0.2, 0.25) is 5.91 Å². The van der Waals surface area contributed by atoms with Crippen LogP contribution in [0, 0.1) is 5.41 Å². The number of nitrogens with zero attached hydrogens (tertiary/aromatic N) is 1. The highest BCUT2D eigenvalue weighted by atomic mass is 19.4. The van der Waals surface area contributed by atoms with Crippen LogP contribution in [0.25, 0.3) is 0 Å². The second-order valence-corrected chi connectivity index (χ2v) is 8.09. The maximum absolute atomic E-state index is 13.0. The molecule has 0 bridgehead atoms. The number of carbonyl (C=O) groups excluding carboxylic acids is 1. The SMILES string of the molecule is CC1(C)CC2(CCN(CC(=O)Nc3ccccc3C(F)(F)F)CC2)CO1. The molecule has 0 aliphatic carbocycles. The molecule has 2 aliphatic heterocycles. The number of anilines is 1. The third-order valence-electron chi connectivity index (χ3n) is 5.36. The van der Waals surface area contributed by atoms with Crippen LogP contribution in [0.4, 0.5) is 18.9 Å². The molecule has 7 heteroatoms. The van der Waals surface area contributed by atoms with Gasteiger partial charge in [-0.3, -0.25) is 9.69 Å². The first-order valence-electron chi connectivity index (χ1n) is 8.91. The summed E-state index contributed by atoms with van der Waals surface area (Å²) in [5, 5.41) is 2.41. The lowest BCUT2D eigenvalue weighted by Gasteiger charge is -2.38. The number of para-hydroxylation sites is 1. The molecule has 26 heavy (non-hydrogen) atoms. The normalized spacial score (nSPS) is 22.5. The summed E-state index contributed by atoms with van der Waals surface area (Å²) in [7, 11) is 0. The molecular weight excluding hydrogens is 345 g/mol. The van der Waals surface area contributed by atoms with Gasteiger partial charge in [0.25, 0.3) is 0 Å². The van der Waals surface area contributed by atoms with Crippen molar-refractivity contribution in [3.05, 3.63) is 29.8 Å². The van der Waals surface area contributed by atoms with Gasteiger partial charge in [-0.05, 0) is 63.7 Å². The van der Waals surface area contributed by atoms with E-state index in [0.717, 1.165) is 45.0 Å². The van der Waals surface area contributed by atoms with Gasteiger partial charge in [-0.15, -0.1) is 0 Å². The van der Waals surface area contributed by atoms with Crippen LogP contribution in [-0.2, 0) is 15.7 Å². The second-order valence-electron chi connectivity index (χ2n) is 8.09. The first-order chi connectivity index (χ1) is 12.1. The number of alkyl halides is 3. The van der Waals surface area contributed by atoms with Gasteiger partial charge < -0.3 is 10.1 Å². The molecule has 1 spiro atoms. The van der Waals surface area contributed by atoms with Crippen molar-refractivity contribution in [2.24, 2.45) is 5.41 Å². The number of likely N-dealkylation sites (tertiary alicyclic amines) is 1. The van der Waals surface area contributed by atoms with Crippen LogP contribution in [0.1, 0.15) is 38.7 Å². The van der Waals surface area contributed by atoms with Gasteiger partial charge in [-0.1, -0.05) is 12.1 Å². The lowest BCUT2D eigenvalue weighted by Crippen LogP contribution is -2.44. The summed E-state index contributed by atoms with van der Waals surface area (Å²) < 4.78 is 44.9. The van der Waals surface area contributed by atoms with Crippen molar-refractivity contribution >= 4 is 11.6 Å². The Labute approximate surface area is 151 Å². The maximum atomic E-state index is 13.0. The molecule has 2 saturated heterocycles. The van der Waals surface area contributed by atoms with Crippen LogP contribution >= 0.6 is 0 Å². The lowest BCUT2D eigenvalue weighted by molar-refractivity contribution is -0.137. The smallest absolute Gasteiger partial charge is 0.375 e. The molecular formula is C19H25F3N2O2. The Morgan fingerprint density at radius 1 is 1.23 bits per heavy atom. The van der Waals surface area contributed by atoms with Gasteiger partial charge in [0.15, 0.2) is 0 Å². The molecule has 1 amide bonds.